The molecule has 0 saturated carbocycles. The molecule has 3 aromatic carbocycles. The van der Waals surface area contributed by atoms with E-state index in [0.29, 0.717) is 0 Å². The van der Waals surface area contributed by atoms with E-state index in [1.165, 1.54) is 0 Å². The predicted molar refractivity (Wildman–Crippen MR) is 83.5 cm³/mol. The molecule has 0 heterocycles. The zero-order valence-electron chi connectivity index (χ0n) is 14.3. The summed E-state index contributed by atoms with van der Waals surface area (Å²) in [5.74, 6) is -27.8. The average molecular weight is 517 g/mol. The van der Waals surface area contributed by atoms with E-state index in [9.17, 15) is 52.7 Å². The molecule has 13 heteroatoms. The topological polar surface area (TPSA) is 0 Å². The Hall–Kier alpha value is -2.54. The summed E-state index contributed by atoms with van der Waals surface area (Å²) in [5.41, 5.74) is 0. The monoisotopic (exact) mass is 516 g/mol. The second kappa shape index (κ2) is 8.18. The number of hydrogen-bond donors (Lipinski definition) is 0. The Kier molecular flexibility index (Phi) is 6.11. The van der Waals surface area contributed by atoms with Gasteiger partial charge in [0, 0.05) is 0 Å². The molecule has 0 amide bonds. The molecule has 3 rings (SSSR count). The average Bonchev–Trinajstić information content (AvgIpc) is 2.74. The van der Waals surface area contributed by atoms with E-state index in [2.05, 4.69) is 0 Å². The summed E-state index contributed by atoms with van der Waals surface area (Å²) in [6, 6.07) is -0.388. The van der Waals surface area contributed by atoms with Crippen LogP contribution < -0.4 is 12.4 Å². The Morgan fingerprint density at radius 3 is 0.774 bits per heavy atom. The second-order valence-corrected chi connectivity index (χ2v) is 11.8. The van der Waals surface area contributed by atoms with Crippen LogP contribution in [-0.2, 0) is 0 Å². The number of halogens is 12. The van der Waals surface area contributed by atoms with Crippen molar-refractivity contribution in [1.82, 2.24) is 0 Å². The SMILES string of the molecule is Fc1c[c]([Ga]([c]2cc(F)c(F)c(F)c2F)[c]2cc(F)c(F)c(F)c2F)c(F)c(F)c1F. The molecule has 0 bridgehead atoms. The molecule has 0 saturated heterocycles. The maximum absolute atomic E-state index is 14.4. The number of rotatable bonds is 3. The van der Waals surface area contributed by atoms with E-state index in [1.54, 1.807) is 0 Å². The van der Waals surface area contributed by atoms with Gasteiger partial charge in [0.15, 0.2) is 0 Å². The zero-order valence-corrected chi connectivity index (χ0v) is 16.8. The third-order valence-electron chi connectivity index (χ3n) is 4.33. The first kappa shape index (κ1) is 23.1. The van der Waals surface area contributed by atoms with E-state index < -0.39 is 98.4 Å². The first-order chi connectivity index (χ1) is 14.4. The van der Waals surface area contributed by atoms with Gasteiger partial charge in [0.25, 0.3) is 0 Å². The van der Waals surface area contributed by atoms with Crippen molar-refractivity contribution in [2.45, 2.75) is 0 Å². The van der Waals surface area contributed by atoms with Crippen molar-refractivity contribution in [3.05, 3.63) is 88.0 Å². The molecule has 0 radical (unpaired) electrons. The van der Waals surface area contributed by atoms with E-state index in [-0.39, 0.29) is 18.2 Å². The van der Waals surface area contributed by atoms with Crippen LogP contribution in [0.4, 0.5) is 52.7 Å². The van der Waals surface area contributed by atoms with Gasteiger partial charge in [-0.2, -0.15) is 0 Å². The summed E-state index contributed by atoms with van der Waals surface area (Å²) in [7, 11) is 0. The van der Waals surface area contributed by atoms with Crippen molar-refractivity contribution in [3.63, 3.8) is 0 Å². The Morgan fingerprint density at radius 2 is 0.548 bits per heavy atom. The maximum atomic E-state index is 14.4. The summed E-state index contributed by atoms with van der Waals surface area (Å²) >= 11 is -5.39. The van der Waals surface area contributed by atoms with Gasteiger partial charge in [-0.25, -0.2) is 0 Å². The van der Waals surface area contributed by atoms with E-state index in [4.69, 9.17) is 0 Å². The minimum atomic E-state index is -5.39. The molecule has 0 atom stereocenters. The van der Waals surface area contributed by atoms with Crippen LogP contribution in [0.1, 0.15) is 0 Å². The van der Waals surface area contributed by atoms with Crippen molar-refractivity contribution in [2.24, 2.45) is 0 Å². The molecular weight excluding hydrogens is 514 g/mol. The van der Waals surface area contributed by atoms with E-state index in [0.717, 1.165) is 0 Å². The van der Waals surface area contributed by atoms with Gasteiger partial charge < -0.3 is 0 Å². The van der Waals surface area contributed by atoms with Gasteiger partial charge in [0.1, 0.15) is 0 Å². The Morgan fingerprint density at radius 1 is 0.323 bits per heavy atom. The quantitative estimate of drug-likeness (QED) is 0.215. The van der Waals surface area contributed by atoms with Crippen LogP contribution in [-0.4, -0.2) is 16.2 Å². The first-order valence-corrected chi connectivity index (χ1v) is 11.5. The summed E-state index contributed by atoms with van der Waals surface area (Å²) in [6.45, 7) is 0. The van der Waals surface area contributed by atoms with Crippen LogP contribution in [0, 0.1) is 69.8 Å². The van der Waals surface area contributed by atoms with Crippen LogP contribution >= 0.6 is 0 Å². The van der Waals surface area contributed by atoms with Gasteiger partial charge in [-0.05, 0) is 0 Å². The second-order valence-electron chi connectivity index (χ2n) is 6.10. The van der Waals surface area contributed by atoms with Gasteiger partial charge in [-0.1, -0.05) is 0 Å². The molecule has 162 valence electrons. The Balaban J connectivity index is 2.50. The van der Waals surface area contributed by atoms with Gasteiger partial charge >= 0.3 is 169 Å². The van der Waals surface area contributed by atoms with Crippen molar-refractivity contribution in [2.75, 3.05) is 0 Å². The van der Waals surface area contributed by atoms with Crippen LogP contribution in [0.5, 0.6) is 0 Å². The van der Waals surface area contributed by atoms with Crippen molar-refractivity contribution < 1.29 is 52.7 Å². The first-order valence-electron chi connectivity index (χ1n) is 7.87. The fraction of sp³-hybridized carbons (Fsp3) is 0. The predicted octanol–water partition coefficient (Wildman–Crippen LogP) is 3.87. The fourth-order valence-corrected chi connectivity index (χ4v) is 9.38. The minimum absolute atomic E-state index is 0.129. The number of hydrogen-bond acceptors (Lipinski definition) is 0. The summed E-state index contributed by atoms with van der Waals surface area (Å²) in [4.78, 5) is 0. The molecule has 0 nitrogen and oxygen atoms in total. The van der Waals surface area contributed by atoms with Crippen LogP contribution in [0.25, 0.3) is 0 Å². The molecular formula is C18H3F12Ga. The van der Waals surface area contributed by atoms with Gasteiger partial charge in [0.05, 0.1) is 0 Å². The van der Waals surface area contributed by atoms with Crippen LogP contribution in [0.15, 0.2) is 18.2 Å². The summed E-state index contributed by atoms with van der Waals surface area (Å²) in [6.07, 6.45) is 0. The number of benzene rings is 3. The van der Waals surface area contributed by atoms with Crippen molar-refractivity contribution in [3.8, 4) is 0 Å². The van der Waals surface area contributed by atoms with Gasteiger partial charge in [0.2, 0.25) is 0 Å². The summed E-state index contributed by atoms with van der Waals surface area (Å²) < 4.78 is 161. The third-order valence-corrected chi connectivity index (χ3v) is 10.9. The zero-order chi connectivity index (χ0) is 23.4. The normalized spacial score (nSPS) is 11.2. The molecule has 0 fully saturated rings. The molecule has 0 aromatic heterocycles. The van der Waals surface area contributed by atoms with Crippen LogP contribution in [0.3, 0.4) is 0 Å². The molecule has 3 aromatic rings. The van der Waals surface area contributed by atoms with Gasteiger partial charge in [-0.3, -0.25) is 0 Å². The molecule has 0 aliphatic heterocycles. The fourth-order valence-electron chi connectivity index (χ4n) is 2.91. The van der Waals surface area contributed by atoms with E-state index >= 15 is 0 Å². The molecule has 0 N–H and O–H groups in total. The van der Waals surface area contributed by atoms with Crippen LogP contribution in [0.2, 0.25) is 0 Å². The molecule has 0 aliphatic carbocycles. The molecule has 0 unspecified atom stereocenters. The van der Waals surface area contributed by atoms with E-state index in [1.807, 2.05) is 0 Å². The summed E-state index contributed by atoms with van der Waals surface area (Å²) in [5, 5.41) is 0. The van der Waals surface area contributed by atoms with Crippen molar-refractivity contribution in [1.29, 1.82) is 0 Å². The standard InChI is InChI=1S/3C6HF4.Ga/c3*7-3-1-2-4(8)6(10)5(3)9;/h3*1H;. The Bertz CT molecular complexity index is 1070. The molecule has 0 spiro atoms. The molecule has 0 aliphatic rings. The molecule has 31 heavy (non-hydrogen) atoms. The Labute approximate surface area is 169 Å². The third kappa shape index (κ3) is 3.69. The van der Waals surface area contributed by atoms with Gasteiger partial charge in [-0.15, -0.1) is 0 Å². The van der Waals surface area contributed by atoms with Crippen molar-refractivity contribution >= 4 is 28.6 Å².